The lowest BCUT2D eigenvalue weighted by Gasteiger charge is -2.13. The topological polar surface area (TPSA) is 38.0 Å². The highest BCUT2D eigenvalue weighted by molar-refractivity contribution is 5.98. The van der Waals surface area contributed by atoms with E-state index < -0.39 is 0 Å². The monoisotopic (exact) mass is 652 g/mol. The van der Waals surface area contributed by atoms with Crippen molar-refractivity contribution in [3.05, 3.63) is 210 Å². The Kier molecular flexibility index (Phi) is 14.0. The summed E-state index contributed by atoms with van der Waals surface area (Å²) < 4.78 is 0. The molecule has 0 atom stereocenters. The Labute approximate surface area is 298 Å². The van der Waals surface area contributed by atoms with Crippen LogP contribution in [0.25, 0.3) is 44.8 Å². The number of nitrogen functional groups attached to an aromatic ring is 1. The van der Waals surface area contributed by atoms with Crippen LogP contribution in [0.1, 0.15) is 23.6 Å². The number of allylic oxidation sites excluding steroid dienone is 2. The molecule has 2 heteroatoms. The summed E-state index contributed by atoms with van der Waals surface area (Å²) in [4.78, 5) is 0. The first-order chi connectivity index (χ1) is 24.4. The van der Waals surface area contributed by atoms with Gasteiger partial charge in [0.05, 0.1) is 0 Å². The first kappa shape index (κ1) is 36.7. The lowest BCUT2D eigenvalue weighted by atomic mass is 9.91. The number of hydrogen-bond donors (Lipinski definition) is 2. The number of nitrogens with two attached hydrogens (primary N) is 1. The summed E-state index contributed by atoms with van der Waals surface area (Å²) in [6.45, 7) is 13.9. The Morgan fingerprint density at radius 2 is 1.18 bits per heavy atom. The minimum atomic E-state index is 0.850. The van der Waals surface area contributed by atoms with Gasteiger partial charge in [-0.2, -0.15) is 0 Å². The van der Waals surface area contributed by atoms with Crippen LogP contribution in [-0.4, -0.2) is 7.05 Å². The summed E-state index contributed by atoms with van der Waals surface area (Å²) in [5, 5.41) is 9.81. The smallest absolute Gasteiger partial charge is 0.0393 e. The van der Waals surface area contributed by atoms with Crippen LogP contribution in [-0.2, 0) is 0 Å². The maximum absolute atomic E-state index is 5.76. The Bertz CT molecular complexity index is 2270. The number of hydrogen-bond acceptors (Lipinski definition) is 2. The fourth-order valence-corrected chi connectivity index (χ4v) is 5.62. The average Bonchev–Trinajstić information content (AvgIpc) is 3.15. The SMILES string of the molecule is C=CNC.C=c1cccc/c1=C(/C=C\C)c1ccc(C)c(-c2cccc3ccccc23)c1.Cc1ccccc1.Nc1cccc2ccccc12. The molecule has 250 valence electrons. The van der Waals surface area contributed by atoms with E-state index in [1.807, 2.05) is 61.6 Å². The first-order valence-electron chi connectivity index (χ1n) is 16.9. The fraction of sp³-hybridized carbons (Fsp3) is 0.0833. The molecule has 0 heterocycles. The van der Waals surface area contributed by atoms with Gasteiger partial charge in [-0.3, -0.25) is 0 Å². The highest BCUT2D eigenvalue weighted by atomic mass is 14.8. The molecule has 0 fully saturated rings. The summed E-state index contributed by atoms with van der Waals surface area (Å²) in [5.74, 6) is 0. The summed E-state index contributed by atoms with van der Waals surface area (Å²) in [6.07, 6.45) is 5.90. The van der Waals surface area contributed by atoms with Crippen LogP contribution >= 0.6 is 0 Å². The van der Waals surface area contributed by atoms with Crippen molar-refractivity contribution < 1.29 is 0 Å². The number of anilines is 1. The van der Waals surface area contributed by atoms with Crippen molar-refractivity contribution in [2.75, 3.05) is 12.8 Å². The third-order valence-corrected chi connectivity index (χ3v) is 8.24. The molecular formula is C48H48N2. The van der Waals surface area contributed by atoms with Crippen molar-refractivity contribution in [1.29, 1.82) is 0 Å². The minimum Gasteiger partial charge on any atom is -0.398 e. The Morgan fingerprint density at radius 3 is 1.78 bits per heavy atom. The van der Waals surface area contributed by atoms with Crippen LogP contribution < -0.4 is 21.5 Å². The maximum Gasteiger partial charge on any atom is 0.0393 e. The number of rotatable bonds is 4. The first-order valence-corrected chi connectivity index (χ1v) is 16.9. The normalized spacial score (nSPS) is 10.9. The van der Waals surface area contributed by atoms with E-state index in [1.54, 1.807) is 6.20 Å². The number of nitrogens with one attached hydrogen (secondary N) is 1. The quantitative estimate of drug-likeness (QED) is 0.186. The predicted molar refractivity (Wildman–Crippen MR) is 221 cm³/mol. The van der Waals surface area contributed by atoms with Crippen molar-refractivity contribution >= 4 is 39.4 Å². The van der Waals surface area contributed by atoms with E-state index >= 15 is 0 Å². The fourth-order valence-electron chi connectivity index (χ4n) is 5.62. The van der Waals surface area contributed by atoms with E-state index in [1.165, 1.54) is 54.8 Å². The second-order valence-electron chi connectivity index (χ2n) is 11.8. The second-order valence-corrected chi connectivity index (χ2v) is 11.8. The standard InChI is InChI=1S/C28H24.C10H9N.C7H8.C3H7N/c1-4-10-25(24-14-7-5-11-20(24)2)23-18-17-21(3)28(19-23)27-16-9-13-22-12-6-8-15-26(22)27;11-10-7-3-5-8-4-1-2-6-9(8)10;1-7-5-3-2-4-6-7;1-3-4-2/h4-19H,2H2,1,3H3;1-7H,11H2;2-6H,1H3;3-4H,1H2,2H3/b10-4-,25-24+;;;. The van der Waals surface area contributed by atoms with Gasteiger partial charge in [-0.15, -0.1) is 0 Å². The molecule has 0 amide bonds. The van der Waals surface area contributed by atoms with Crippen molar-refractivity contribution in [1.82, 2.24) is 5.32 Å². The number of benzene rings is 7. The van der Waals surface area contributed by atoms with Gasteiger partial charge in [0.2, 0.25) is 0 Å². The third-order valence-electron chi connectivity index (χ3n) is 8.24. The van der Waals surface area contributed by atoms with Crippen LogP contribution in [0.4, 0.5) is 5.69 Å². The molecular weight excluding hydrogens is 605 g/mol. The number of fused-ring (bicyclic) bond motifs is 2. The van der Waals surface area contributed by atoms with Crippen LogP contribution in [0.2, 0.25) is 0 Å². The average molecular weight is 653 g/mol. The van der Waals surface area contributed by atoms with Crippen molar-refractivity contribution in [2.45, 2.75) is 20.8 Å². The zero-order valence-electron chi connectivity index (χ0n) is 29.7. The largest absolute Gasteiger partial charge is 0.398 e. The van der Waals surface area contributed by atoms with Gasteiger partial charge >= 0.3 is 0 Å². The van der Waals surface area contributed by atoms with Gasteiger partial charge in [0.1, 0.15) is 0 Å². The maximum atomic E-state index is 5.76. The Hall–Kier alpha value is -6.12. The number of aryl methyl sites for hydroxylation is 2. The highest BCUT2D eigenvalue weighted by Crippen LogP contribution is 2.32. The van der Waals surface area contributed by atoms with E-state index in [-0.39, 0.29) is 0 Å². The molecule has 2 nitrogen and oxygen atoms in total. The van der Waals surface area contributed by atoms with Gasteiger partial charge in [0, 0.05) is 18.1 Å². The molecule has 7 aromatic rings. The van der Waals surface area contributed by atoms with Gasteiger partial charge in [-0.05, 0) is 93.5 Å². The molecule has 7 aromatic carbocycles. The van der Waals surface area contributed by atoms with E-state index in [0.29, 0.717) is 0 Å². The predicted octanol–water partition coefficient (Wildman–Crippen LogP) is 10.8. The Balaban J connectivity index is 0.000000206. The summed E-state index contributed by atoms with van der Waals surface area (Å²) in [5.41, 5.74) is 14.2. The van der Waals surface area contributed by atoms with Crippen LogP contribution in [0.15, 0.2) is 183 Å². The van der Waals surface area contributed by atoms with Gasteiger partial charge < -0.3 is 11.1 Å². The zero-order valence-corrected chi connectivity index (χ0v) is 29.7. The van der Waals surface area contributed by atoms with Crippen molar-refractivity contribution in [3.8, 4) is 11.1 Å². The van der Waals surface area contributed by atoms with Crippen molar-refractivity contribution in [3.63, 3.8) is 0 Å². The van der Waals surface area contributed by atoms with Crippen LogP contribution in [0, 0.1) is 13.8 Å². The van der Waals surface area contributed by atoms with Gasteiger partial charge in [0.15, 0.2) is 0 Å². The molecule has 7 rings (SSSR count). The van der Waals surface area contributed by atoms with E-state index in [4.69, 9.17) is 5.73 Å². The highest BCUT2D eigenvalue weighted by Gasteiger charge is 2.09. The lowest BCUT2D eigenvalue weighted by molar-refractivity contribution is 1.11. The molecule has 0 saturated heterocycles. The van der Waals surface area contributed by atoms with E-state index in [2.05, 4.69) is 155 Å². The molecule has 3 N–H and O–H groups in total. The third kappa shape index (κ3) is 9.95. The molecule has 50 heavy (non-hydrogen) atoms. The minimum absolute atomic E-state index is 0.850. The molecule has 0 spiro atoms. The van der Waals surface area contributed by atoms with Crippen LogP contribution in [0.5, 0.6) is 0 Å². The van der Waals surface area contributed by atoms with Gasteiger partial charge in [-0.25, -0.2) is 0 Å². The van der Waals surface area contributed by atoms with Gasteiger partial charge in [-0.1, -0.05) is 176 Å². The van der Waals surface area contributed by atoms with Crippen LogP contribution in [0.3, 0.4) is 0 Å². The summed E-state index contributed by atoms with van der Waals surface area (Å²) in [7, 11) is 1.81. The van der Waals surface area contributed by atoms with Crippen molar-refractivity contribution in [2.24, 2.45) is 0 Å². The second kappa shape index (κ2) is 19.0. The summed E-state index contributed by atoms with van der Waals surface area (Å²) in [6, 6.07) is 54.5. The molecule has 0 bridgehead atoms. The zero-order chi connectivity index (χ0) is 35.7. The molecule has 0 aromatic heterocycles. The molecule has 0 aliphatic heterocycles. The summed E-state index contributed by atoms with van der Waals surface area (Å²) >= 11 is 0. The van der Waals surface area contributed by atoms with E-state index in [9.17, 15) is 0 Å². The van der Waals surface area contributed by atoms with E-state index in [0.717, 1.165) is 16.3 Å². The molecule has 0 unspecified atom stereocenters. The van der Waals surface area contributed by atoms with Gasteiger partial charge in [0.25, 0.3) is 0 Å². The molecule has 0 aliphatic carbocycles. The molecule has 0 aliphatic rings. The molecule has 0 saturated carbocycles. The Morgan fingerprint density at radius 1 is 0.620 bits per heavy atom. The lowest BCUT2D eigenvalue weighted by Crippen LogP contribution is -2.24. The molecule has 0 radical (unpaired) electrons.